The molecule has 2 heterocycles. The maximum Gasteiger partial charge on any atom is 0.253 e. The van der Waals surface area contributed by atoms with Crippen molar-refractivity contribution in [2.75, 3.05) is 25.0 Å². The van der Waals surface area contributed by atoms with Crippen LogP contribution in [-0.4, -0.2) is 47.0 Å². The molecule has 1 amide bonds. The van der Waals surface area contributed by atoms with Crippen molar-refractivity contribution in [3.63, 3.8) is 0 Å². The van der Waals surface area contributed by atoms with Crippen molar-refractivity contribution >= 4 is 23.5 Å². The third-order valence-electron chi connectivity index (χ3n) is 5.59. The van der Waals surface area contributed by atoms with E-state index in [2.05, 4.69) is 24.8 Å². The number of anilines is 1. The minimum absolute atomic E-state index is 0.0611. The first kappa shape index (κ1) is 21.6. The molecule has 5 nitrogen and oxygen atoms in total. The normalized spacial score (nSPS) is 16.7. The van der Waals surface area contributed by atoms with Crippen LogP contribution in [0.15, 0.2) is 35.5 Å². The molecule has 2 aromatic rings. The Bertz CT molecular complexity index is 824. The van der Waals surface area contributed by atoms with Crippen LogP contribution in [0.5, 0.6) is 0 Å². The summed E-state index contributed by atoms with van der Waals surface area (Å²) in [6, 6.07) is 10.6. The van der Waals surface area contributed by atoms with Gasteiger partial charge in [0.05, 0.1) is 0 Å². The van der Waals surface area contributed by atoms with Crippen molar-refractivity contribution < 1.29 is 4.79 Å². The molecule has 3 rings (SSSR count). The third-order valence-corrected chi connectivity index (χ3v) is 6.51. The van der Waals surface area contributed by atoms with Crippen LogP contribution in [0.25, 0.3) is 0 Å². The Kier molecular flexibility index (Phi) is 7.53. The van der Waals surface area contributed by atoms with Gasteiger partial charge < -0.3 is 9.80 Å². The highest BCUT2D eigenvalue weighted by molar-refractivity contribution is 7.98. The van der Waals surface area contributed by atoms with Gasteiger partial charge in [-0.15, -0.1) is 0 Å². The molecule has 0 aliphatic carbocycles. The van der Waals surface area contributed by atoms with Crippen LogP contribution >= 0.6 is 11.8 Å². The number of nitrogens with zero attached hydrogens (tertiary/aromatic N) is 4. The summed E-state index contributed by atoms with van der Waals surface area (Å²) in [4.78, 5) is 26.0. The van der Waals surface area contributed by atoms with Gasteiger partial charge in [0.2, 0.25) is 0 Å². The fourth-order valence-corrected chi connectivity index (χ4v) is 4.37. The molecule has 1 aromatic carbocycles. The van der Waals surface area contributed by atoms with Gasteiger partial charge in [-0.3, -0.25) is 4.79 Å². The Balaban J connectivity index is 1.70. The van der Waals surface area contributed by atoms with E-state index in [1.165, 1.54) is 24.8 Å². The summed E-state index contributed by atoms with van der Waals surface area (Å²) < 4.78 is 0. The van der Waals surface area contributed by atoms with Crippen molar-refractivity contribution in [2.24, 2.45) is 0 Å². The van der Waals surface area contributed by atoms with Crippen molar-refractivity contribution in [3.8, 4) is 0 Å². The number of hydrogen-bond donors (Lipinski definition) is 0. The van der Waals surface area contributed by atoms with Gasteiger partial charge in [-0.2, -0.15) is 0 Å². The lowest BCUT2D eigenvalue weighted by Gasteiger charge is -2.34. The minimum atomic E-state index is 0.0611. The van der Waals surface area contributed by atoms with E-state index in [1.807, 2.05) is 38.2 Å². The van der Waals surface area contributed by atoms with Crippen LogP contribution in [-0.2, 0) is 12.2 Å². The fourth-order valence-electron chi connectivity index (χ4n) is 3.55. The largest absolute Gasteiger partial charge is 0.354 e. The number of aromatic nitrogens is 2. The molecule has 1 atom stereocenters. The quantitative estimate of drug-likeness (QED) is 0.483. The molecule has 0 unspecified atom stereocenters. The Morgan fingerprint density at radius 3 is 2.62 bits per heavy atom. The molecule has 1 aliphatic rings. The highest BCUT2D eigenvalue weighted by atomic mass is 32.2. The molecule has 29 heavy (non-hydrogen) atoms. The average molecular weight is 413 g/mol. The first-order valence-electron chi connectivity index (χ1n) is 10.6. The van der Waals surface area contributed by atoms with Gasteiger partial charge >= 0.3 is 0 Å². The molecule has 0 bridgehead atoms. The van der Waals surface area contributed by atoms with Crippen LogP contribution in [0.1, 0.15) is 61.6 Å². The predicted molar refractivity (Wildman–Crippen MR) is 121 cm³/mol. The zero-order chi connectivity index (χ0) is 20.8. The highest BCUT2D eigenvalue weighted by Gasteiger charge is 2.21. The number of benzene rings is 1. The van der Waals surface area contributed by atoms with Crippen LogP contribution in [0.2, 0.25) is 0 Å². The molecule has 0 spiro atoms. The van der Waals surface area contributed by atoms with E-state index in [0.717, 1.165) is 41.0 Å². The topological polar surface area (TPSA) is 49.3 Å². The Morgan fingerprint density at radius 2 is 1.97 bits per heavy atom. The standard InChI is InChI=1S/C23H32N4OS/c1-5-20-15-21(27-14-8-7-9-17(27)3)25-23(24-20)29-16-18-10-12-19(13-11-18)22(28)26(4)6-2/h10-13,15,17H,5-9,14,16H2,1-4H3/t17-/m1/s1. The smallest absolute Gasteiger partial charge is 0.253 e. The van der Waals surface area contributed by atoms with Gasteiger partial charge in [-0.1, -0.05) is 30.8 Å². The summed E-state index contributed by atoms with van der Waals surface area (Å²) >= 11 is 1.66. The molecule has 1 fully saturated rings. The number of thioether (sulfide) groups is 1. The van der Waals surface area contributed by atoms with Gasteiger partial charge in [0, 0.05) is 49.3 Å². The molecule has 1 saturated heterocycles. The Labute approximate surface area is 178 Å². The number of rotatable bonds is 7. The lowest BCUT2D eigenvalue weighted by Crippen LogP contribution is -2.38. The number of amides is 1. The molecular weight excluding hydrogens is 380 g/mol. The van der Waals surface area contributed by atoms with Gasteiger partial charge in [-0.05, 0) is 57.2 Å². The Hall–Kier alpha value is -2.08. The number of aryl methyl sites for hydroxylation is 1. The van der Waals surface area contributed by atoms with E-state index in [9.17, 15) is 4.79 Å². The lowest BCUT2D eigenvalue weighted by atomic mass is 10.0. The van der Waals surface area contributed by atoms with Crippen molar-refractivity contribution in [1.29, 1.82) is 0 Å². The van der Waals surface area contributed by atoms with E-state index >= 15 is 0 Å². The molecule has 0 N–H and O–H groups in total. The summed E-state index contributed by atoms with van der Waals surface area (Å²) in [5.74, 6) is 1.92. The van der Waals surface area contributed by atoms with E-state index in [1.54, 1.807) is 16.7 Å². The zero-order valence-corrected chi connectivity index (χ0v) is 18.8. The van der Waals surface area contributed by atoms with E-state index in [0.29, 0.717) is 12.6 Å². The molecule has 156 valence electrons. The van der Waals surface area contributed by atoms with Gasteiger partial charge in [0.1, 0.15) is 5.82 Å². The third kappa shape index (κ3) is 5.50. The SMILES string of the molecule is CCc1cc(N2CCCC[C@H]2C)nc(SCc2ccc(C(=O)N(C)CC)cc2)n1. The molecular formula is C23H32N4OS. The molecule has 1 aromatic heterocycles. The fraction of sp³-hybridized carbons (Fsp3) is 0.522. The van der Waals surface area contributed by atoms with Crippen LogP contribution in [0, 0.1) is 0 Å². The van der Waals surface area contributed by atoms with Crippen LogP contribution in [0.3, 0.4) is 0 Å². The summed E-state index contributed by atoms with van der Waals surface area (Å²) in [6.45, 7) is 8.20. The number of piperidine rings is 1. The first-order chi connectivity index (χ1) is 14.0. The number of carbonyl (C=O) groups excluding carboxylic acids is 1. The second-order valence-electron chi connectivity index (χ2n) is 7.70. The number of hydrogen-bond acceptors (Lipinski definition) is 5. The average Bonchev–Trinajstić information content (AvgIpc) is 2.77. The zero-order valence-electron chi connectivity index (χ0n) is 18.0. The second-order valence-corrected chi connectivity index (χ2v) is 8.64. The van der Waals surface area contributed by atoms with Crippen LogP contribution < -0.4 is 4.90 Å². The van der Waals surface area contributed by atoms with Crippen molar-refractivity contribution in [2.45, 2.75) is 63.4 Å². The second kappa shape index (κ2) is 10.1. The predicted octanol–water partition coefficient (Wildman–Crippen LogP) is 4.80. The van der Waals surface area contributed by atoms with Crippen LogP contribution in [0.4, 0.5) is 5.82 Å². The van der Waals surface area contributed by atoms with Gasteiger partial charge in [0.25, 0.3) is 5.91 Å². The van der Waals surface area contributed by atoms with E-state index in [4.69, 9.17) is 9.97 Å². The minimum Gasteiger partial charge on any atom is -0.354 e. The highest BCUT2D eigenvalue weighted by Crippen LogP contribution is 2.27. The molecule has 0 saturated carbocycles. The van der Waals surface area contributed by atoms with Crippen molar-refractivity contribution in [3.05, 3.63) is 47.2 Å². The summed E-state index contributed by atoms with van der Waals surface area (Å²) in [5.41, 5.74) is 3.00. The summed E-state index contributed by atoms with van der Waals surface area (Å²) in [5, 5.41) is 0.836. The van der Waals surface area contributed by atoms with Gasteiger partial charge in [0.15, 0.2) is 5.16 Å². The molecule has 0 radical (unpaired) electrons. The lowest BCUT2D eigenvalue weighted by molar-refractivity contribution is 0.0802. The summed E-state index contributed by atoms with van der Waals surface area (Å²) in [6.07, 6.45) is 4.67. The first-order valence-corrected chi connectivity index (χ1v) is 11.6. The Morgan fingerprint density at radius 1 is 1.21 bits per heavy atom. The molecule has 6 heteroatoms. The maximum absolute atomic E-state index is 12.2. The monoisotopic (exact) mass is 412 g/mol. The van der Waals surface area contributed by atoms with Crippen molar-refractivity contribution in [1.82, 2.24) is 14.9 Å². The van der Waals surface area contributed by atoms with E-state index in [-0.39, 0.29) is 5.91 Å². The summed E-state index contributed by atoms with van der Waals surface area (Å²) in [7, 11) is 1.82. The van der Waals surface area contributed by atoms with E-state index < -0.39 is 0 Å². The van der Waals surface area contributed by atoms with Gasteiger partial charge in [-0.25, -0.2) is 9.97 Å². The molecule has 1 aliphatic heterocycles. The maximum atomic E-state index is 12.2. The number of carbonyl (C=O) groups is 1.